The summed E-state index contributed by atoms with van der Waals surface area (Å²) in [7, 11) is 0. The van der Waals surface area contributed by atoms with E-state index in [4.69, 9.17) is 0 Å². The average Bonchev–Trinajstić information content (AvgIpc) is 2.72. The predicted molar refractivity (Wildman–Crippen MR) is 55.4 cm³/mol. The third kappa shape index (κ3) is 2.15. The average molecular weight is 206 g/mol. The number of carboxylic acid groups (broad SMARTS) is 1. The molecular formula is C11H14N2O2. The highest BCUT2D eigenvalue weighted by Crippen LogP contribution is 2.23. The summed E-state index contributed by atoms with van der Waals surface area (Å²) < 4.78 is 0. The molecule has 2 heterocycles. The molecule has 1 fully saturated rings. The highest BCUT2D eigenvalue weighted by atomic mass is 16.4. The Hall–Kier alpha value is -1.42. The van der Waals surface area contributed by atoms with Crippen LogP contribution in [0.25, 0.3) is 0 Å². The summed E-state index contributed by atoms with van der Waals surface area (Å²) in [5, 5.41) is 9.21. The molecule has 0 saturated carbocycles. The maximum atomic E-state index is 11.2. The summed E-state index contributed by atoms with van der Waals surface area (Å²) in [6, 6.07) is 4.83. The Morgan fingerprint density at radius 1 is 1.40 bits per heavy atom. The second kappa shape index (κ2) is 4.40. The molecule has 1 unspecified atom stereocenters. The Morgan fingerprint density at radius 2 is 2.13 bits per heavy atom. The van der Waals surface area contributed by atoms with Crippen molar-refractivity contribution in [1.82, 2.24) is 9.88 Å². The Labute approximate surface area is 88.6 Å². The minimum atomic E-state index is -0.810. The van der Waals surface area contributed by atoms with Crippen LogP contribution in [0.15, 0.2) is 24.4 Å². The molecule has 0 aromatic carbocycles. The van der Waals surface area contributed by atoms with Gasteiger partial charge < -0.3 is 5.11 Å². The highest BCUT2D eigenvalue weighted by molar-refractivity contribution is 5.74. The Bertz CT molecular complexity index is 334. The molecule has 0 bridgehead atoms. The Kier molecular flexibility index (Phi) is 2.97. The van der Waals surface area contributed by atoms with Crippen LogP contribution in [-0.2, 0) is 4.79 Å². The first-order valence-electron chi connectivity index (χ1n) is 5.17. The zero-order valence-electron chi connectivity index (χ0n) is 8.47. The van der Waals surface area contributed by atoms with Crippen LogP contribution in [0.4, 0.5) is 0 Å². The van der Waals surface area contributed by atoms with Gasteiger partial charge in [0, 0.05) is 6.20 Å². The van der Waals surface area contributed by atoms with E-state index in [1.807, 2.05) is 11.0 Å². The fourth-order valence-corrected chi connectivity index (χ4v) is 2.01. The first-order valence-corrected chi connectivity index (χ1v) is 5.17. The van der Waals surface area contributed by atoms with Gasteiger partial charge in [0.15, 0.2) is 6.04 Å². The lowest BCUT2D eigenvalue weighted by Crippen LogP contribution is -2.32. The van der Waals surface area contributed by atoms with Gasteiger partial charge in [-0.25, -0.2) is 0 Å². The van der Waals surface area contributed by atoms with Gasteiger partial charge in [-0.3, -0.25) is 14.7 Å². The summed E-state index contributed by atoms with van der Waals surface area (Å²) in [6.45, 7) is 1.71. The molecule has 0 spiro atoms. The van der Waals surface area contributed by atoms with Crippen molar-refractivity contribution in [2.24, 2.45) is 0 Å². The van der Waals surface area contributed by atoms with E-state index in [-0.39, 0.29) is 0 Å². The molecule has 0 amide bonds. The van der Waals surface area contributed by atoms with Crippen LogP contribution >= 0.6 is 0 Å². The van der Waals surface area contributed by atoms with Crippen LogP contribution in [0.5, 0.6) is 0 Å². The zero-order valence-corrected chi connectivity index (χ0v) is 8.47. The van der Waals surface area contributed by atoms with E-state index in [2.05, 4.69) is 4.98 Å². The van der Waals surface area contributed by atoms with Gasteiger partial charge in [0.25, 0.3) is 0 Å². The normalized spacial score (nSPS) is 18.9. The number of likely N-dealkylation sites (tertiary alicyclic amines) is 1. The molecular weight excluding hydrogens is 192 g/mol. The topological polar surface area (TPSA) is 53.4 Å². The highest BCUT2D eigenvalue weighted by Gasteiger charge is 2.30. The minimum absolute atomic E-state index is 0.575. The SMILES string of the molecule is O=C(O)C(c1ccccn1)N1CCCC1. The smallest absolute Gasteiger partial charge is 0.327 e. The van der Waals surface area contributed by atoms with Gasteiger partial charge >= 0.3 is 5.97 Å². The van der Waals surface area contributed by atoms with Gasteiger partial charge in [0.05, 0.1) is 5.69 Å². The molecule has 1 aliphatic heterocycles. The third-order valence-corrected chi connectivity index (χ3v) is 2.71. The van der Waals surface area contributed by atoms with E-state index < -0.39 is 12.0 Å². The number of aromatic nitrogens is 1. The maximum absolute atomic E-state index is 11.2. The van der Waals surface area contributed by atoms with Crippen molar-refractivity contribution in [3.63, 3.8) is 0 Å². The number of hydrogen-bond acceptors (Lipinski definition) is 3. The standard InChI is InChI=1S/C11H14N2O2/c14-11(15)10(13-7-3-4-8-13)9-5-1-2-6-12-9/h1-2,5-6,10H,3-4,7-8H2,(H,14,15). The van der Waals surface area contributed by atoms with E-state index >= 15 is 0 Å². The van der Waals surface area contributed by atoms with E-state index in [0.717, 1.165) is 25.9 Å². The van der Waals surface area contributed by atoms with Crippen molar-refractivity contribution < 1.29 is 9.90 Å². The molecule has 4 nitrogen and oxygen atoms in total. The first kappa shape index (κ1) is 10.1. The van der Waals surface area contributed by atoms with Crippen LogP contribution in [0.1, 0.15) is 24.6 Å². The molecule has 1 N–H and O–H groups in total. The number of hydrogen-bond donors (Lipinski definition) is 1. The zero-order chi connectivity index (χ0) is 10.7. The minimum Gasteiger partial charge on any atom is -0.480 e. The van der Waals surface area contributed by atoms with Gasteiger partial charge in [-0.1, -0.05) is 6.07 Å². The monoisotopic (exact) mass is 206 g/mol. The second-order valence-electron chi connectivity index (χ2n) is 3.74. The lowest BCUT2D eigenvalue weighted by molar-refractivity contribution is -0.143. The van der Waals surface area contributed by atoms with Crippen LogP contribution < -0.4 is 0 Å². The third-order valence-electron chi connectivity index (χ3n) is 2.71. The van der Waals surface area contributed by atoms with Crippen LogP contribution in [0, 0.1) is 0 Å². The molecule has 1 aromatic rings. The number of aliphatic carboxylic acids is 1. The number of nitrogens with zero attached hydrogens (tertiary/aromatic N) is 2. The van der Waals surface area contributed by atoms with Gasteiger partial charge in [-0.2, -0.15) is 0 Å². The van der Waals surface area contributed by atoms with E-state index in [9.17, 15) is 9.90 Å². The number of carboxylic acids is 1. The molecule has 15 heavy (non-hydrogen) atoms. The molecule has 1 saturated heterocycles. The summed E-state index contributed by atoms with van der Waals surface area (Å²) in [5.74, 6) is -0.810. The molecule has 4 heteroatoms. The van der Waals surface area contributed by atoms with E-state index in [0.29, 0.717) is 5.69 Å². The van der Waals surface area contributed by atoms with E-state index in [1.54, 1.807) is 18.3 Å². The Balaban J connectivity index is 2.23. The molecule has 0 aliphatic carbocycles. The Morgan fingerprint density at radius 3 is 2.67 bits per heavy atom. The van der Waals surface area contributed by atoms with Crippen molar-refractivity contribution in [1.29, 1.82) is 0 Å². The summed E-state index contributed by atoms with van der Waals surface area (Å²) in [6.07, 6.45) is 3.80. The van der Waals surface area contributed by atoms with Crippen LogP contribution in [0.3, 0.4) is 0 Å². The fourth-order valence-electron chi connectivity index (χ4n) is 2.01. The fraction of sp³-hybridized carbons (Fsp3) is 0.455. The summed E-state index contributed by atoms with van der Waals surface area (Å²) >= 11 is 0. The predicted octanol–water partition coefficient (Wildman–Crippen LogP) is 1.30. The number of pyridine rings is 1. The van der Waals surface area contributed by atoms with Gasteiger partial charge in [0.2, 0.25) is 0 Å². The number of rotatable bonds is 3. The molecule has 1 aromatic heterocycles. The number of carbonyl (C=O) groups is 1. The largest absolute Gasteiger partial charge is 0.480 e. The lowest BCUT2D eigenvalue weighted by Gasteiger charge is -2.22. The van der Waals surface area contributed by atoms with Crippen molar-refractivity contribution in [3.8, 4) is 0 Å². The van der Waals surface area contributed by atoms with Crippen molar-refractivity contribution in [3.05, 3.63) is 30.1 Å². The molecule has 1 atom stereocenters. The summed E-state index contributed by atoms with van der Waals surface area (Å²) in [5.41, 5.74) is 0.631. The maximum Gasteiger partial charge on any atom is 0.327 e. The second-order valence-corrected chi connectivity index (χ2v) is 3.74. The van der Waals surface area contributed by atoms with E-state index in [1.165, 1.54) is 0 Å². The molecule has 2 rings (SSSR count). The van der Waals surface area contributed by atoms with Crippen molar-refractivity contribution in [2.75, 3.05) is 13.1 Å². The van der Waals surface area contributed by atoms with Gasteiger partial charge in [-0.05, 0) is 38.1 Å². The van der Waals surface area contributed by atoms with Crippen molar-refractivity contribution in [2.45, 2.75) is 18.9 Å². The molecule has 0 radical (unpaired) electrons. The lowest BCUT2D eigenvalue weighted by atomic mass is 10.1. The van der Waals surface area contributed by atoms with Gasteiger partial charge in [0.1, 0.15) is 0 Å². The van der Waals surface area contributed by atoms with Crippen LogP contribution in [-0.4, -0.2) is 34.0 Å². The van der Waals surface area contributed by atoms with Crippen molar-refractivity contribution >= 4 is 5.97 Å². The van der Waals surface area contributed by atoms with Crippen LogP contribution in [0.2, 0.25) is 0 Å². The molecule has 1 aliphatic rings. The quantitative estimate of drug-likeness (QED) is 0.810. The summed E-state index contributed by atoms with van der Waals surface area (Å²) in [4.78, 5) is 17.3. The molecule has 80 valence electrons. The van der Waals surface area contributed by atoms with Gasteiger partial charge in [-0.15, -0.1) is 0 Å². The first-order chi connectivity index (χ1) is 7.29.